The predicted octanol–water partition coefficient (Wildman–Crippen LogP) is 5.90. The van der Waals surface area contributed by atoms with Crippen molar-refractivity contribution in [3.63, 3.8) is 0 Å². The van der Waals surface area contributed by atoms with Crippen LogP contribution in [-0.2, 0) is 0 Å². The van der Waals surface area contributed by atoms with Gasteiger partial charge in [-0.1, -0.05) is 81.7 Å². The summed E-state index contributed by atoms with van der Waals surface area (Å²) in [5, 5.41) is 6.39. The van der Waals surface area contributed by atoms with Gasteiger partial charge in [0, 0.05) is 38.3 Å². The van der Waals surface area contributed by atoms with Crippen LogP contribution in [0.15, 0.2) is 46.9 Å². The number of hydrogen-bond donors (Lipinski definition) is 2. The highest BCUT2D eigenvalue weighted by atomic mass is 35.5. The minimum Gasteiger partial charge on any atom is -0.451 e. The molecule has 2 aromatic rings. The Hall–Kier alpha value is -1.82. The highest BCUT2D eigenvalue weighted by molar-refractivity contribution is 5.92. The number of amides is 1. The lowest BCUT2D eigenvalue weighted by atomic mass is 10.1. The van der Waals surface area contributed by atoms with Crippen LogP contribution in [0, 0.1) is 0 Å². The second-order valence-corrected chi connectivity index (χ2v) is 8.91. The molecular formula is C27H42ClN3O2. The van der Waals surface area contributed by atoms with Crippen molar-refractivity contribution in [1.29, 1.82) is 0 Å². The fourth-order valence-electron chi connectivity index (χ4n) is 4.32. The summed E-state index contributed by atoms with van der Waals surface area (Å²) in [7, 11) is 0. The molecule has 0 bridgehead atoms. The molecule has 1 fully saturated rings. The van der Waals surface area contributed by atoms with Gasteiger partial charge < -0.3 is 20.0 Å². The zero-order valence-corrected chi connectivity index (χ0v) is 20.8. The molecule has 0 radical (unpaired) electrons. The normalized spacial score (nSPS) is 14.1. The number of rotatable bonds is 15. The Labute approximate surface area is 206 Å². The summed E-state index contributed by atoms with van der Waals surface area (Å²) in [5.74, 6) is 0.997. The number of halogens is 1. The van der Waals surface area contributed by atoms with E-state index in [9.17, 15) is 4.79 Å². The second-order valence-electron chi connectivity index (χ2n) is 8.91. The molecule has 3 rings (SSSR count). The van der Waals surface area contributed by atoms with Gasteiger partial charge >= 0.3 is 0 Å². The highest BCUT2D eigenvalue weighted by Crippen LogP contribution is 2.21. The van der Waals surface area contributed by atoms with Gasteiger partial charge in [0.25, 0.3) is 5.91 Å². The zero-order valence-electron chi connectivity index (χ0n) is 20.0. The summed E-state index contributed by atoms with van der Waals surface area (Å²) in [6.07, 6.45) is 13.0. The first kappa shape index (κ1) is 27.4. The number of benzene rings is 1. The van der Waals surface area contributed by atoms with Crippen LogP contribution in [0.3, 0.4) is 0 Å². The molecule has 1 amide bonds. The Balaban J connectivity index is 0.00000385. The molecule has 1 aromatic carbocycles. The molecule has 1 aromatic heterocycles. The molecule has 6 heteroatoms. The molecular weight excluding hydrogens is 434 g/mol. The van der Waals surface area contributed by atoms with Crippen LogP contribution in [-0.4, -0.2) is 50.1 Å². The highest BCUT2D eigenvalue weighted by Gasteiger charge is 2.11. The fraction of sp³-hybridized carbons (Fsp3) is 0.593. The summed E-state index contributed by atoms with van der Waals surface area (Å²) in [5.41, 5.74) is 0.988. The Bertz CT molecular complexity index is 760. The summed E-state index contributed by atoms with van der Waals surface area (Å²) in [4.78, 5) is 14.8. The average molecular weight is 476 g/mol. The van der Waals surface area contributed by atoms with Crippen molar-refractivity contribution < 1.29 is 9.21 Å². The lowest BCUT2D eigenvalue weighted by Gasteiger charge is -2.27. The van der Waals surface area contributed by atoms with Gasteiger partial charge in [0.15, 0.2) is 5.76 Å². The summed E-state index contributed by atoms with van der Waals surface area (Å²) >= 11 is 0. The van der Waals surface area contributed by atoms with Gasteiger partial charge in [-0.25, -0.2) is 0 Å². The maximum Gasteiger partial charge on any atom is 0.287 e. The molecule has 2 N–H and O–H groups in total. The van der Waals surface area contributed by atoms with Crippen LogP contribution in [0.1, 0.15) is 74.8 Å². The Morgan fingerprint density at radius 1 is 0.818 bits per heavy atom. The Morgan fingerprint density at radius 3 is 2.09 bits per heavy atom. The molecule has 2 heterocycles. The van der Waals surface area contributed by atoms with E-state index < -0.39 is 0 Å². The van der Waals surface area contributed by atoms with Gasteiger partial charge in [0.05, 0.1) is 0 Å². The maximum atomic E-state index is 12.3. The SMILES string of the molecule is Cl.O=C(NCCCCCCCCCCCCN1CCNCC1)c1ccc(-c2ccccc2)o1. The predicted molar refractivity (Wildman–Crippen MR) is 139 cm³/mol. The second kappa shape index (κ2) is 16.7. The molecule has 0 saturated carbocycles. The number of nitrogens with one attached hydrogen (secondary N) is 2. The van der Waals surface area contributed by atoms with E-state index in [0.29, 0.717) is 12.3 Å². The number of nitrogens with zero attached hydrogens (tertiary/aromatic N) is 1. The third-order valence-corrected chi connectivity index (χ3v) is 6.28. The van der Waals surface area contributed by atoms with Gasteiger partial charge in [-0.2, -0.15) is 0 Å². The Morgan fingerprint density at radius 2 is 1.42 bits per heavy atom. The van der Waals surface area contributed by atoms with Crippen molar-refractivity contribution >= 4 is 18.3 Å². The zero-order chi connectivity index (χ0) is 22.3. The minimum atomic E-state index is -0.121. The van der Waals surface area contributed by atoms with E-state index in [4.69, 9.17) is 4.42 Å². The fourth-order valence-corrected chi connectivity index (χ4v) is 4.32. The van der Waals surface area contributed by atoms with Crippen LogP contribution in [0.25, 0.3) is 11.3 Å². The van der Waals surface area contributed by atoms with Crippen molar-refractivity contribution in [3.8, 4) is 11.3 Å². The van der Waals surface area contributed by atoms with Crippen LogP contribution < -0.4 is 10.6 Å². The van der Waals surface area contributed by atoms with Crippen molar-refractivity contribution in [2.75, 3.05) is 39.3 Å². The smallest absolute Gasteiger partial charge is 0.287 e. The van der Waals surface area contributed by atoms with E-state index in [-0.39, 0.29) is 18.3 Å². The summed E-state index contributed by atoms with van der Waals surface area (Å²) in [6.45, 7) is 6.76. The lowest BCUT2D eigenvalue weighted by molar-refractivity contribution is 0.0926. The maximum absolute atomic E-state index is 12.3. The van der Waals surface area contributed by atoms with Gasteiger partial charge in [-0.3, -0.25) is 4.79 Å². The van der Waals surface area contributed by atoms with Crippen LogP contribution >= 0.6 is 12.4 Å². The van der Waals surface area contributed by atoms with E-state index in [2.05, 4.69) is 15.5 Å². The largest absolute Gasteiger partial charge is 0.451 e. The van der Waals surface area contributed by atoms with Crippen LogP contribution in [0.4, 0.5) is 0 Å². The average Bonchev–Trinajstić information content (AvgIpc) is 3.34. The third kappa shape index (κ3) is 10.8. The molecule has 33 heavy (non-hydrogen) atoms. The molecule has 5 nitrogen and oxygen atoms in total. The lowest BCUT2D eigenvalue weighted by Crippen LogP contribution is -2.43. The molecule has 1 aliphatic heterocycles. The third-order valence-electron chi connectivity index (χ3n) is 6.28. The van der Waals surface area contributed by atoms with Crippen LogP contribution in [0.5, 0.6) is 0 Å². The number of carbonyl (C=O) groups is 1. The molecule has 1 aliphatic rings. The standard InChI is InChI=1S/C27H41N3O2.ClH/c31-27(26-17-16-25(32-26)24-14-10-9-11-15-24)29-18-12-7-5-3-1-2-4-6-8-13-21-30-22-19-28-20-23-30;/h9-11,14-17,28H,1-8,12-13,18-23H2,(H,29,31);1H. The van der Waals surface area contributed by atoms with E-state index in [1.807, 2.05) is 36.4 Å². The molecule has 1 saturated heterocycles. The number of furan rings is 1. The minimum absolute atomic E-state index is 0. The molecule has 184 valence electrons. The van der Waals surface area contributed by atoms with E-state index >= 15 is 0 Å². The number of carbonyl (C=O) groups excluding carboxylic acids is 1. The number of piperazine rings is 1. The van der Waals surface area contributed by atoms with Crippen molar-refractivity contribution in [2.24, 2.45) is 0 Å². The van der Waals surface area contributed by atoms with Gasteiger partial charge in [0.1, 0.15) is 5.76 Å². The summed E-state index contributed by atoms with van der Waals surface area (Å²) in [6, 6.07) is 13.5. The summed E-state index contributed by atoms with van der Waals surface area (Å²) < 4.78 is 5.70. The van der Waals surface area contributed by atoms with E-state index in [1.54, 1.807) is 6.07 Å². The van der Waals surface area contributed by atoms with E-state index in [0.717, 1.165) is 30.8 Å². The first-order valence-corrected chi connectivity index (χ1v) is 12.7. The first-order chi connectivity index (χ1) is 15.8. The molecule has 0 atom stereocenters. The van der Waals surface area contributed by atoms with Gasteiger partial charge in [-0.15, -0.1) is 12.4 Å². The monoisotopic (exact) mass is 475 g/mol. The van der Waals surface area contributed by atoms with Gasteiger partial charge in [-0.05, 0) is 31.5 Å². The van der Waals surface area contributed by atoms with Crippen molar-refractivity contribution in [2.45, 2.75) is 64.2 Å². The quantitative estimate of drug-likeness (QED) is 0.314. The topological polar surface area (TPSA) is 57.5 Å². The molecule has 0 aliphatic carbocycles. The number of hydrogen-bond acceptors (Lipinski definition) is 4. The van der Waals surface area contributed by atoms with Crippen LogP contribution in [0.2, 0.25) is 0 Å². The van der Waals surface area contributed by atoms with Gasteiger partial charge in [0.2, 0.25) is 0 Å². The number of unbranched alkanes of at least 4 members (excludes halogenated alkanes) is 9. The van der Waals surface area contributed by atoms with Crippen molar-refractivity contribution in [3.05, 3.63) is 48.2 Å². The first-order valence-electron chi connectivity index (χ1n) is 12.7. The van der Waals surface area contributed by atoms with Crippen molar-refractivity contribution in [1.82, 2.24) is 15.5 Å². The molecule has 0 spiro atoms. The Kier molecular flexibility index (Phi) is 13.9. The molecule has 0 unspecified atom stereocenters. The van der Waals surface area contributed by atoms with E-state index in [1.165, 1.54) is 77.4 Å².